The van der Waals surface area contributed by atoms with Gasteiger partial charge in [-0.1, -0.05) is 28.9 Å². The van der Waals surface area contributed by atoms with E-state index in [1.165, 1.54) is 0 Å². The van der Waals surface area contributed by atoms with Gasteiger partial charge in [-0.3, -0.25) is 4.98 Å². The molecule has 3 aromatic rings. The Labute approximate surface area is 121 Å². The molecule has 0 aliphatic heterocycles. The van der Waals surface area contributed by atoms with Crippen molar-refractivity contribution in [3.05, 3.63) is 53.3 Å². The van der Waals surface area contributed by atoms with E-state index in [0.29, 0.717) is 16.6 Å². The monoisotopic (exact) mass is 285 g/mol. The number of anilines is 1. The summed E-state index contributed by atoms with van der Waals surface area (Å²) >= 11 is 6.03. The highest BCUT2D eigenvalue weighted by molar-refractivity contribution is 6.30. The second-order valence-corrected chi connectivity index (χ2v) is 4.97. The molecule has 2 aromatic heterocycles. The molecule has 5 heteroatoms. The van der Waals surface area contributed by atoms with E-state index in [1.54, 1.807) is 12.4 Å². The molecule has 0 bridgehead atoms. The average Bonchev–Trinajstić information content (AvgIpc) is 2.80. The summed E-state index contributed by atoms with van der Waals surface area (Å²) < 4.78 is 5.37. The number of hydrogen-bond acceptors (Lipinski definition) is 4. The molecule has 1 aromatic carbocycles. The predicted octanol–water partition coefficient (Wildman–Crippen LogP) is 3.95. The van der Waals surface area contributed by atoms with Crippen molar-refractivity contribution in [2.24, 2.45) is 0 Å². The third-order valence-corrected chi connectivity index (χ3v) is 3.20. The number of benzene rings is 1. The zero-order chi connectivity index (χ0) is 14.1. The number of pyridine rings is 1. The third-order valence-electron chi connectivity index (χ3n) is 2.97. The van der Waals surface area contributed by atoms with Crippen LogP contribution in [-0.2, 0) is 0 Å². The molecular weight excluding hydrogens is 274 g/mol. The van der Waals surface area contributed by atoms with Crippen molar-refractivity contribution in [3.8, 4) is 22.5 Å². The van der Waals surface area contributed by atoms with Crippen molar-refractivity contribution < 1.29 is 4.52 Å². The molecule has 0 fully saturated rings. The molecule has 3 rings (SSSR count). The van der Waals surface area contributed by atoms with Crippen molar-refractivity contribution in [1.29, 1.82) is 0 Å². The fourth-order valence-corrected chi connectivity index (χ4v) is 2.29. The van der Waals surface area contributed by atoms with Gasteiger partial charge in [-0.25, -0.2) is 0 Å². The predicted molar refractivity (Wildman–Crippen MR) is 79.3 cm³/mol. The van der Waals surface area contributed by atoms with Gasteiger partial charge in [0.2, 0.25) is 0 Å². The maximum absolute atomic E-state index is 6.03. The van der Waals surface area contributed by atoms with Gasteiger partial charge in [-0.2, -0.15) is 0 Å². The first-order chi connectivity index (χ1) is 9.65. The summed E-state index contributed by atoms with van der Waals surface area (Å²) in [6.07, 6.45) is 3.50. The summed E-state index contributed by atoms with van der Waals surface area (Å²) in [6, 6.07) is 9.39. The van der Waals surface area contributed by atoms with E-state index in [0.717, 1.165) is 22.3 Å². The number of hydrogen-bond donors (Lipinski definition) is 1. The van der Waals surface area contributed by atoms with Gasteiger partial charge in [0.05, 0.1) is 5.56 Å². The van der Waals surface area contributed by atoms with Crippen molar-refractivity contribution in [3.63, 3.8) is 0 Å². The minimum Gasteiger partial charge on any atom is -0.380 e. The van der Waals surface area contributed by atoms with E-state index >= 15 is 0 Å². The van der Waals surface area contributed by atoms with Crippen molar-refractivity contribution in [2.45, 2.75) is 6.92 Å². The maximum Gasteiger partial charge on any atom is 0.178 e. The summed E-state index contributed by atoms with van der Waals surface area (Å²) in [5, 5.41) is 4.50. The number of nitrogen functional groups attached to an aromatic ring is 1. The van der Waals surface area contributed by atoms with Gasteiger partial charge in [0.1, 0.15) is 0 Å². The summed E-state index contributed by atoms with van der Waals surface area (Å²) in [4.78, 5) is 4.17. The van der Waals surface area contributed by atoms with Crippen LogP contribution in [0.25, 0.3) is 22.5 Å². The van der Waals surface area contributed by atoms with Crippen LogP contribution in [0.2, 0.25) is 5.02 Å². The Morgan fingerprint density at radius 2 is 2.00 bits per heavy atom. The van der Waals surface area contributed by atoms with Crippen LogP contribution >= 0.6 is 11.6 Å². The highest BCUT2D eigenvalue weighted by atomic mass is 35.5. The lowest BCUT2D eigenvalue weighted by Gasteiger charge is -2.03. The van der Waals surface area contributed by atoms with Crippen LogP contribution < -0.4 is 5.73 Å². The topological polar surface area (TPSA) is 64.9 Å². The summed E-state index contributed by atoms with van der Waals surface area (Å²) in [7, 11) is 0. The standard InChI is InChI=1S/C15H12ClN3O/c1-9-5-11(8-18-7-9)14-13(15(17)19-20-14)10-3-2-4-12(16)6-10/h2-8H,1H3,(H2,17,19). The Hall–Kier alpha value is -2.33. The normalized spacial score (nSPS) is 10.7. The van der Waals surface area contributed by atoms with E-state index in [4.69, 9.17) is 21.9 Å². The largest absolute Gasteiger partial charge is 0.380 e. The lowest BCUT2D eigenvalue weighted by Crippen LogP contribution is -1.89. The Kier molecular flexibility index (Phi) is 3.16. The molecule has 0 aliphatic carbocycles. The van der Waals surface area contributed by atoms with E-state index in [-0.39, 0.29) is 0 Å². The minimum atomic E-state index is 0.337. The molecule has 2 N–H and O–H groups in total. The van der Waals surface area contributed by atoms with Crippen molar-refractivity contribution in [1.82, 2.24) is 10.1 Å². The molecular formula is C15H12ClN3O. The quantitative estimate of drug-likeness (QED) is 0.774. The highest BCUT2D eigenvalue weighted by Gasteiger charge is 2.18. The van der Waals surface area contributed by atoms with Gasteiger partial charge in [-0.05, 0) is 36.2 Å². The highest BCUT2D eigenvalue weighted by Crippen LogP contribution is 2.37. The molecule has 0 amide bonds. The van der Waals surface area contributed by atoms with Crippen LogP contribution in [0.3, 0.4) is 0 Å². The van der Waals surface area contributed by atoms with Gasteiger partial charge in [0, 0.05) is 23.0 Å². The van der Waals surface area contributed by atoms with Crippen LogP contribution in [0, 0.1) is 6.92 Å². The maximum atomic E-state index is 6.03. The van der Waals surface area contributed by atoms with Crippen molar-refractivity contribution >= 4 is 17.4 Å². The molecule has 0 radical (unpaired) electrons. The number of aromatic nitrogens is 2. The first kappa shape index (κ1) is 12.7. The number of nitrogens with two attached hydrogens (primary N) is 1. The average molecular weight is 286 g/mol. The zero-order valence-electron chi connectivity index (χ0n) is 10.8. The third kappa shape index (κ3) is 2.26. The van der Waals surface area contributed by atoms with Gasteiger partial charge in [0.15, 0.2) is 11.6 Å². The van der Waals surface area contributed by atoms with E-state index in [9.17, 15) is 0 Å². The lowest BCUT2D eigenvalue weighted by atomic mass is 10.0. The van der Waals surface area contributed by atoms with Gasteiger partial charge in [-0.15, -0.1) is 0 Å². The molecule has 0 saturated carbocycles. The Bertz CT molecular complexity index is 767. The van der Waals surface area contributed by atoms with Crippen LogP contribution in [0.5, 0.6) is 0 Å². The minimum absolute atomic E-state index is 0.337. The Balaban J connectivity index is 2.20. The fourth-order valence-electron chi connectivity index (χ4n) is 2.10. The Morgan fingerprint density at radius 1 is 1.15 bits per heavy atom. The zero-order valence-corrected chi connectivity index (χ0v) is 11.6. The molecule has 0 aliphatic rings. The summed E-state index contributed by atoms with van der Waals surface area (Å²) in [5.41, 5.74) is 9.41. The van der Waals surface area contributed by atoms with Gasteiger partial charge >= 0.3 is 0 Å². The second kappa shape index (κ2) is 4.98. The number of rotatable bonds is 2. The number of aryl methyl sites for hydroxylation is 1. The van der Waals surface area contributed by atoms with Crippen LogP contribution in [0.4, 0.5) is 5.82 Å². The van der Waals surface area contributed by atoms with E-state index < -0.39 is 0 Å². The van der Waals surface area contributed by atoms with E-state index in [2.05, 4.69) is 10.1 Å². The Morgan fingerprint density at radius 3 is 2.75 bits per heavy atom. The number of halogens is 1. The van der Waals surface area contributed by atoms with Crippen LogP contribution in [0.1, 0.15) is 5.56 Å². The first-order valence-corrected chi connectivity index (χ1v) is 6.46. The van der Waals surface area contributed by atoms with Crippen molar-refractivity contribution in [2.75, 3.05) is 5.73 Å². The smallest absolute Gasteiger partial charge is 0.178 e. The van der Waals surface area contributed by atoms with E-state index in [1.807, 2.05) is 37.3 Å². The summed E-state index contributed by atoms with van der Waals surface area (Å²) in [5.74, 6) is 0.935. The summed E-state index contributed by atoms with van der Waals surface area (Å²) in [6.45, 7) is 1.97. The lowest BCUT2D eigenvalue weighted by molar-refractivity contribution is 0.436. The van der Waals surface area contributed by atoms with Gasteiger partial charge in [0.25, 0.3) is 0 Å². The number of nitrogens with zero attached hydrogens (tertiary/aromatic N) is 2. The first-order valence-electron chi connectivity index (χ1n) is 6.08. The molecule has 100 valence electrons. The SMILES string of the molecule is Cc1cncc(-c2onc(N)c2-c2cccc(Cl)c2)c1. The molecule has 0 unspecified atom stereocenters. The molecule has 2 heterocycles. The molecule has 0 spiro atoms. The fraction of sp³-hybridized carbons (Fsp3) is 0.0667. The van der Waals surface area contributed by atoms with Crippen LogP contribution in [-0.4, -0.2) is 10.1 Å². The second-order valence-electron chi connectivity index (χ2n) is 4.53. The molecule has 0 saturated heterocycles. The van der Waals surface area contributed by atoms with Crippen LogP contribution in [0.15, 0.2) is 47.2 Å². The molecule has 20 heavy (non-hydrogen) atoms. The molecule has 4 nitrogen and oxygen atoms in total. The van der Waals surface area contributed by atoms with Gasteiger partial charge < -0.3 is 10.3 Å². The molecule has 0 atom stereocenters.